The molecule has 0 unspecified atom stereocenters. The normalized spacial score (nSPS) is 10.2. The average Bonchev–Trinajstić information content (AvgIpc) is 2.30. The van der Waals surface area contributed by atoms with Gasteiger partial charge in [-0.05, 0) is 24.3 Å². The second kappa shape index (κ2) is 4.42. The summed E-state index contributed by atoms with van der Waals surface area (Å²) in [4.78, 5) is 29.2. The van der Waals surface area contributed by atoms with E-state index in [0.717, 1.165) is 4.57 Å². The second-order valence-corrected chi connectivity index (χ2v) is 3.58. The third kappa shape index (κ3) is 2.21. The third-order valence-electron chi connectivity index (χ3n) is 2.08. The molecule has 6 nitrogen and oxygen atoms in total. The zero-order valence-electron chi connectivity index (χ0n) is 8.81. The van der Waals surface area contributed by atoms with Gasteiger partial charge in [-0.25, -0.2) is 14.2 Å². The molecule has 0 spiro atoms. The van der Waals surface area contributed by atoms with Gasteiger partial charge in [0.1, 0.15) is 0 Å². The Morgan fingerprint density at radius 1 is 1.29 bits per heavy atom. The van der Waals surface area contributed by atoms with E-state index in [1.54, 1.807) is 24.3 Å². The smallest absolute Gasteiger partial charge is 0.360 e. The number of aromatic amines is 1. The monoisotopic (exact) mass is 253 g/mol. The van der Waals surface area contributed by atoms with E-state index in [0.29, 0.717) is 10.7 Å². The van der Waals surface area contributed by atoms with Gasteiger partial charge < -0.3 is 4.74 Å². The van der Waals surface area contributed by atoms with Crippen molar-refractivity contribution in [3.63, 3.8) is 0 Å². The highest BCUT2D eigenvalue weighted by molar-refractivity contribution is 6.30. The zero-order valence-corrected chi connectivity index (χ0v) is 9.56. The molecule has 2 rings (SSSR count). The minimum Gasteiger partial charge on any atom is -0.468 e. The molecule has 2 aromatic rings. The molecule has 0 aliphatic rings. The molecule has 0 atom stereocenters. The Bertz CT molecular complexity index is 614. The lowest BCUT2D eigenvalue weighted by molar-refractivity contribution is 0.372. The van der Waals surface area contributed by atoms with Crippen molar-refractivity contribution in [3.05, 3.63) is 50.3 Å². The number of H-pyrrole nitrogens is 1. The number of benzene rings is 1. The molecule has 0 aliphatic heterocycles. The first-order valence-electron chi connectivity index (χ1n) is 4.65. The minimum atomic E-state index is -0.715. The van der Waals surface area contributed by atoms with Crippen molar-refractivity contribution in [2.24, 2.45) is 0 Å². The van der Waals surface area contributed by atoms with E-state index in [9.17, 15) is 9.59 Å². The number of hydrogen-bond acceptors (Lipinski definition) is 4. The molecule has 17 heavy (non-hydrogen) atoms. The Kier molecular flexibility index (Phi) is 2.97. The van der Waals surface area contributed by atoms with Crippen LogP contribution in [0.4, 0.5) is 0 Å². The van der Waals surface area contributed by atoms with Crippen LogP contribution >= 0.6 is 11.6 Å². The van der Waals surface area contributed by atoms with Crippen LogP contribution < -0.4 is 16.1 Å². The summed E-state index contributed by atoms with van der Waals surface area (Å²) in [5, 5.41) is 0.514. The Morgan fingerprint density at radius 2 is 1.94 bits per heavy atom. The first-order valence-corrected chi connectivity index (χ1v) is 5.03. The fourth-order valence-corrected chi connectivity index (χ4v) is 1.44. The molecule has 1 heterocycles. The molecule has 0 amide bonds. The molecule has 1 aromatic heterocycles. The van der Waals surface area contributed by atoms with Crippen molar-refractivity contribution in [2.75, 3.05) is 7.11 Å². The van der Waals surface area contributed by atoms with Gasteiger partial charge in [-0.2, -0.15) is 0 Å². The molecule has 0 saturated heterocycles. The number of rotatable bonds is 2. The van der Waals surface area contributed by atoms with Crippen molar-refractivity contribution in [2.45, 2.75) is 0 Å². The van der Waals surface area contributed by atoms with Gasteiger partial charge in [-0.3, -0.25) is 4.98 Å². The van der Waals surface area contributed by atoms with Gasteiger partial charge in [0.15, 0.2) is 0 Å². The predicted molar refractivity (Wildman–Crippen MR) is 62.0 cm³/mol. The number of halogens is 1. The number of nitrogens with zero attached hydrogens (tertiary/aromatic N) is 2. The van der Waals surface area contributed by atoms with Gasteiger partial charge in [-0.15, -0.1) is 4.98 Å². The van der Waals surface area contributed by atoms with E-state index in [-0.39, 0.29) is 6.01 Å². The van der Waals surface area contributed by atoms with Crippen LogP contribution in [0.15, 0.2) is 33.9 Å². The fourth-order valence-electron chi connectivity index (χ4n) is 1.31. The summed E-state index contributed by atoms with van der Waals surface area (Å²) in [6.07, 6.45) is 0. The summed E-state index contributed by atoms with van der Waals surface area (Å²) in [6, 6.07) is 6.13. The molecule has 0 fully saturated rings. The maximum atomic E-state index is 11.7. The van der Waals surface area contributed by atoms with Gasteiger partial charge in [0, 0.05) is 5.02 Å². The topological polar surface area (TPSA) is 77.0 Å². The van der Waals surface area contributed by atoms with Gasteiger partial charge in [-0.1, -0.05) is 11.6 Å². The Balaban J connectivity index is 2.64. The van der Waals surface area contributed by atoms with Crippen LogP contribution in [0, 0.1) is 0 Å². The van der Waals surface area contributed by atoms with E-state index >= 15 is 0 Å². The zero-order chi connectivity index (χ0) is 12.4. The van der Waals surface area contributed by atoms with Crippen molar-refractivity contribution in [1.29, 1.82) is 0 Å². The Hall–Kier alpha value is -2.08. The van der Waals surface area contributed by atoms with Crippen LogP contribution in [0.2, 0.25) is 5.02 Å². The van der Waals surface area contributed by atoms with Gasteiger partial charge >= 0.3 is 17.4 Å². The molecular weight excluding hydrogens is 246 g/mol. The summed E-state index contributed by atoms with van der Waals surface area (Å²) in [5.74, 6) is 0. The molecule has 0 saturated carbocycles. The lowest BCUT2D eigenvalue weighted by Gasteiger charge is -2.04. The molecule has 0 aliphatic carbocycles. The number of nitrogens with one attached hydrogen (secondary N) is 1. The lowest BCUT2D eigenvalue weighted by Crippen LogP contribution is -2.35. The average molecular weight is 254 g/mol. The number of hydrogen-bond donors (Lipinski definition) is 1. The van der Waals surface area contributed by atoms with E-state index < -0.39 is 11.4 Å². The molecule has 0 bridgehead atoms. The number of methoxy groups -OCH3 is 1. The van der Waals surface area contributed by atoms with Crippen LogP contribution in [0.3, 0.4) is 0 Å². The van der Waals surface area contributed by atoms with Crippen molar-refractivity contribution in [3.8, 4) is 11.7 Å². The molecule has 88 valence electrons. The summed E-state index contributed by atoms with van der Waals surface area (Å²) < 4.78 is 5.57. The van der Waals surface area contributed by atoms with Crippen LogP contribution in [-0.4, -0.2) is 21.6 Å². The molecule has 7 heteroatoms. The number of ether oxygens (including phenoxy) is 1. The summed E-state index contributed by atoms with van der Waals surface area (Å²) in [7, 11) is 1.31. The molecule has 0 radical (unpaired) electrons. The fraction of sp³-hybridized carbons (Fsp3) is 0.100. The highest BCUT2D eigenvalue weighted by atomic mass is 35.5. The van der Waals surface area contributed by atoms with Crippen LogP contribution in [-0.2, 0) is 0 Å². The second-order valence-electron chi connectivity index (χ2n) is 3.15. The van der Waals surface area contributed by atoms with Crippen LogP contribution in [0.1, 0.15) is 0 Å². The quantitative estimate of drug-likeness (QED) is 0.849. The number of aromatic nitrogens is 3. The van der Waals surface area contributed by atoms with E-state index in [4.69, 9.17) is 11.6 Å². The maximum Gasteiger partial charge on any atom is 0.360 e. The third-order valence-corrected chi connectivity index (χ3v) is 2.34. The Labute approximate surface area is 100 Å². The SMILES string of the molecule is COc1nc(=O)n(-c2ccc(Cl)cc2)c(=O)[nH]1. The highest BCUT2D eigenvalue weighted by Gasteiger charge is 2.07. The molecular formula is C10H8ClN3O3. The van der Waals surface area contributed by atoms with E-state index in [1.165, 1.54) is 7.11 Å². The van der Waals surface area contributed by atoms with E-state index in [2.05, 4.69) is 14.7 Å². The van der Waals surface area contributed by atoms with Gasteiger partial charge in [0.05, 0.1) is 12.8 Å². The highest BCUT2D eigenvalue weighted by Crippen LogP contribution is 2.10. The summed E-state index contributed by atoms with van der Waals surface area (Å²) >= 11 is 5.72. The van der Waals surface area contributed by atoms with Gasteiger partial charge in [0.2, 0.25) is 0 Å². The molecule has 1 N–H and O–H groups in total. The lowest BCUT2D eigenvalue weighted by atomic mass is 10.3. The first kappa shape index (κ1) is 11.4. The van der Waals surface area contributed by atoms with Crippen LogP contribution in [0.25, 0.3) is 5.69 Å². The van der Waals surface area contributed by atoms with Crippen molar-refractivity contribution < 1.29 is 4.74 Å². The standard InChI is InChI=1S/C10H8ClN3O3/c1-17-8-12-9(15)14(10(16)13-8)7-4-2-6(11)3-5-7/h2-5H,1H3,(H,12,13,15,16). The maximum absolute atomic E-state index is 11.7. The van der Waals surface area contributed by atoms with Crippen molar-refractivity contribution >= 4 is 11.6 Å². The Morgan fingerprint density at radius 3 is 2.47 bits per heavy atom. The van der Waals surface area contributed by atoms with Crippen molar-refractivity contribution in [1.82, 2.24) is 14.5 Å². The van der Waals surface area contributed by atoms with Crippen LogP contribution in [0.5, 0.6) is 6.01 Å². The van der Waals surface area contributed by atoms with Gasteiger partial charge in [0.25, 0.3) is 0 Å². The van der Waals surface area contributed by atoms with E-state index in [1.807, 2.05) is 0 Å². The predicted octanol–water partition coefficient (Wildman–Crippen LogP) is 0.583. The largest absolute Gasteiger partial charge is 0.468 e. The summed E-state index contributed by atoms with van der Waals surface area (Å²) in [6.45, 7) is 0. The summed E-state index contributed by atoms with van der Waals surface area (Å²) in [5.41, 5.74) is -0.951. The molecule has 1 aromatic carbocycles. The first-order chi connectivity index (χ1) is 8.11. The minimum absolute atomic E-state index is 0.120.